The zero-order chi connectivity index (χ0) is 20.1. The summed E-state index contributed by atoms with van der Waals surface area (Å²) in [5.74, 6) is 1.90. The largest absolute Gasteiger partial charge is 0.454 e. The minimum absolute atomic E-state index is 0.235. The average molecular weight is 439 g/mol. The fourth-order valence-electron chi connectivity index (χ4n) is 4.02. The number of ether oxygens (including phenoxy) is 2. The average Bonchev–Trinajstić information content (AvgIpc) is 3.54. The fourth-order valence-corrected chi connectivity index (χ4v) is 5.34. The van der Waals surface area contributed by atoms with E-state index in [1.54, 1.807) is 16.0 Å². The van der Waals surface area contributed by atoms with Crippen LogP contribution in [0.3, 0.4) is 0 Å². The monoisotopic (exact) mass is 438 g/mol. The summed E-state index contributed by atoms with van der Waals surface area (Å²) in [5, 5.41) is 5.78. The van der Waals surface area contributed by atoms with Gasteiger partial charge in [0.05, 0.1) is 22.9 Å². The van der Waals surface area contributed by atoms with Crippen LogP contribution in [0.15, 0.2) is 46.9 Å². The minimum atomic E-state index is 0.235. The molecule has 0 amide bonds. The number of hydrogen-bond acceptors (Lipinski definition) is 8. The fraction of sp³-hybridized carbons (Fsp3) is 0.286. The van der Waals surface area contributed by atoms with Crippen molar-refractivity contribution in [1.29, 1.82) is 0 Å². The lowest BCUT2D eigenvalue weighted by Crippen LogP contribution is -2.26. The Hall–Kier alpha value is -2.75. The lowest BCUT2D eigenvalue weighted by atomic mass is 10.2. The van der Waals surface area contributed by atoms with Crippen LogP contribution >= 0.6 is 23.6 Å². The molecule has 2 aliphatic heterocycles. The molecule has 152 valence electrons. The first-order chi connectivity index (χ1) is 14.7. The second-order valence-electron chi connectivity index (χ2n) is 7.37. The molecule has 1 saturated heterocycles. The molecule has 0 N–H and O–H groups in total. The molecule has 0 aliphatic carbocycles. The molecular weight excluding hydrogens is 420 g/mol. The van der Waals surface area contributed by atoms with Gasteiger partial charge in [-0.2, -0.15) is 0 Å². The van der Waals surface area contributed by atoms with E-state index in [9.17, 15) is 0 Å². The van der Waals surface area contributed by atoms with E-state index in [1.165, 1.54) is 4.70 Å². The zero-order valence-corrected chi connectivity index (χ0v) is 17.6. The van der Waals surface area contributed by atoms with E-state index in [0.717, 1.165) is 41.2 Å². The molecule has 7 nitrogen and oxygen atoms in total. The summed E-state index contributed by atoms with van der Waals surface area (Å²) in [6.07, 6.45) is 2.21. The van der Waals surface area contributed by atoms with Crippen molar-refractivity contribution in [2.24, 2.45) is 0 Å². The van der Waals surface area contributed by atoms with Crippen molar-refractivity contribution in [2.75, 3.05) is 13.3 Å². The van der Waals surface area contributed by atoms with Crippen LogP contribution in [-0.2, 0) is 6.67 Å². The van der Waals surface area contributed by atoms with Crippen LogP contribution in [0, 0.1) is 4.84 Å². The predicted molar refractivity (Wildman–Crippen MR) is 115 cm³/mol. The molecule has 0 bridgehead atoms. The number of hydrogen-bond donors (Lipinski definition) is 0. The molecule has 0 saturated carbocycles. The highest BCUT2D eigenvalue weighted by Crippen LogP contribution is 2.38. The first-order valence-electron chi connectivity index (χ1n) is 9.82. The van der Waals surface area contributed by atoms with Crippen LogP contribution in [0.1, 0.15) is 23.9 Å². The Balaban J connectivity index is 1.27. The molecule has 1 fully saturated rings. The van der Waals surface area contributed by atoms with Crippen LogP contribution in [0.4, 0.5) is 0 Å². The highest BCUT2D eigenvalue weighted by atomic mass is 32.1. The molecule has 4 heterocycles. The molecular formula is C21H18N4O3S2. The Labute approximate surface area is 181 Å². The van der Waals surface area contributed by atoms with E-state index in [-0.39, 0.29) is 12.8 Å². The van der Waals surface area contributed by atoms with Crippen molar-refractivity contribution in [3.63, 3.8) is 0 Å². The summed E-state index contributed by atoms with van der Waals surface area (Å²) >= 11 is 7.22. The van der Waals surface area contributed by atoms with Gasteiger partial charge in [-0.25, -0.2) is 9.67 Å². The Kier molecular flexibility index (Phi) is 4.33. The maximum atomic E-state index is 5.79. The van der Waals surface area contributed by atoms with Gasteiger partial charge >= 0.3 is 0 Å². The number of fused-ring (bicyclic) bond motifs is 2. The van der Waals surface area contributed by atoms with Gasteiger partial charge in [0, 0.05) is 12.1 Å². The Morgan fingerprint density at radius 1 is 1.13 bits per heavy atom. The van der Waals surface area contributed by atoms with Crippen LogP contribution in [0.5, 0.6) is 11.5 Å². The second-order valence-corrected chi connectivity index (χ2v) is 8.78. The van der Waals surface area contributed by atoms with Crippen molar-refractivity contribution in [2.45, 2.75) is 25.6 Å². The van der Waals surface area contributed by atoms with E-state index in [1.807, 2.05) is 24.3 Å². The highest BCUT2D eigenvalue weighted by molar-refractivity contribution is 7.71. The number of thiazole rings is 1. The Morgan fingerprint density at radius 3 is 2.97 bits per heavy atom. The highest BCUT2D eigenvalue weighted by Gasteiger charge is 2.29. The Bertz CT molecular complexity index is 1260. The van der Waals surface area contributed by atoms with Crippen LogP contribution in [0.25, 0.3) is 21.7 Å². The third kappa shape index (κ3) is 3.10. The van der Waals surface area contributed by atoms with Crippen LogP contribution < -0.4 is 9.47 Å². The van der Waals surface area contributed by atoms with Crippen LogP contribution in [-0.4, -0.2) is 33.0 Å². The lowest BCUT2D eigenvalue weighted by Gasteiger charge is -2.21. The van der Waals surface area contributed by atoms with Crippen molar-refractivity contribution in [3.05, 3.63) is 52.3 Å². The number of likely N-dealkylation sites (tertiary alicyclic amines) is 1. The van der Waals surface area contributed by atoms with Gasteiger partial charge in [-0.05, 0) is 55.4 Å². The molecule has 1 unspecified atom stereocenters. The van der Waals surface area contributed by atoms with Gasteiger partial charge in [-0.1, -0.05) is 12.1 Å². The first-order valence-corrected chi connectivity index (χ1v) is 11.0. The maximum absolute atomic E-state index is 5.79. The number of aromatic nitrogens is 3. The van der Waals surface area contributed by atoms with Gasteiger partial charge in [-0.3, -0.25) is 4.90 Å². The molecule has 0 spiro atoms. The van der Waals surface area contributed by atoms with Crippen molar-refractivity contribution in [3.8, 4) is 23.0 Å². The molecule has 0 radical (unpaired) electrons. The second kappa shape index (κ2) is 7.19. The van der Waals surface area contributed by atoms with E-state index in [4.69, 9.17) is 31.1 Å². The van der Waals surface area contributed by atoms with Gasteiger partial charge < -0.3 is 13.9 Å². The lowest BCUT2D eigenvalue weighted by molar-refractivity contribution is 0.174. The summed E-state index contributed by atoms with van der Waals surface area (Å²) < 4.78 is 19.6. The van der Waals surface area contributed by atoms with E-state index < -0.39 is 0 Å². The van der Waals surface area contributed by atoms with Gasteiger partial charge in [0.1, 0.15) is 5.01 Å². The summed E-state index contributed by atoms with van der Waals surface area (Å²) in [6, 6.07) is 14.2. The number of rotatable bonds is 4. The summed E-state index contributed by atoms with van der Waals surface area (Å²) in [7, 11) is 0. The van der Waals surface area contributed by atoms with Gasteiger partial charge in [-0.15, -0.1) is 16.4 Å². The first kappa shape index (κ1) is 18.1. The molecule has 2 aliphatic rings. The molecule has 30 heavy (non-hydrogen) atoms. The van der Waals surface area contributed by atoms with Gasteiger partial charge in [0.25, 0.3) is 4.84 Å². The van der Waals surface area contributed by atoms with E-state index in [0.29, 0.717) is 23.1 Å². The summed E-state index contributed by atoms with van der Waals surface area (Å²) in [4.78, 5) is 7.60. The predicted octanol–water partition coefficient (Wildman–Crippen LogP) is 5.01. The molecule has 1 atom stereocenters. The van der Waals surface area contributed by atoms with Crippen molar-refractivity contribution >= 4 is 33.8 Å². The topological polar surface area (TPSA) is 65.6 Å². The summed E-state index contributed by atoms with van der Waals surface area (Å²) in [6.45, 7) is 1.79. The molecule has 2 aromatic carbocycles. The molecule has 9 heteroatoms. The van der Waals surface area contributed by atoms with Crippen LogP contribution in [0.2, 0.25) is 0 Å². The molecule has 4 aromatic rings. The van der Waals surface area contributed by atoms with Gasteiger partial charge in [0.15, 0.2) is 11.5 Å². The molecule has 6 rings (SSSR count). The Morgan fingerprint density at radius 2 is 2.03 bits per heavy atom. The quantitative estimate of drug-likeness (QED) is 0.415. The smallest absolute Gasteiger partial charge is 0.288 e. The normalized spacial score (nSPS) is 18.5. The van der Waals surface area contributed by atoms with Crippen molar-refractivity contribution < 1.29 is 13.9 Å². The third-order valence-electron chi connectivity index (χ3n) is 5.50. The standard InChI is InChI=1S/C21H18N4O3S2/c29-21-25(23-19(28-21)13-7-8-16-17(10-13)27-12-26-16)11-24-9-3-5-15(24)20-22-14-4-1-2-6-18(14)30-20/h1-2,4,6-8,10,15H,3,5,9,11-12H2. The minimum Gasteiger partial charge on any atom is -0.454 e. The van der Waals surface area contributed by atoms with Crippen molar-refractivity contribution in [1.82, 2.24) is 19.7 Å². The SMILES string of the molecule is S=c1oc(-c2ccc3c(c2)OCO3)nn1CN1CCCC1c1nc2ccccc2s1. The van der Waals surface area contributed by atoms with E-state index in [2.05, 4.69) is 28.2 Å². The van der Waals surface area contributed by atoms with Gasteiger partial charge in [0.2, 0.25) is 12.7 Å². The molecule has 2 aromatic heterocycles. The number of para-hydroxylation sites is 1. The number of nitrogens with zero attached hydrogens (tertiary/aromatic N) is 4. The maximum Gasteiger partial charge on any atom is 0.288 e. The third-order valence-corrected chi connectivity index (χ3v) is 6.93. The zero-order valence-electron chi connectivity index (χ0n) is 16.0. The number of benzene rings is 2. The summed E-state index contributed by atoms with van der Waals surface area (Å²) in [5.41, 5.74) is 1.88. The van der Waals surface area contributed by atoms with E-state index >= 15 is 0 Å².